The molecule has 2 aromatic carbocycles. The van der Waals surface area contributed by atoms with Gasteiger partial charge in [0.05, 0.1) is 0 Å². The second kappa shape index (κ2) is 5.63. The quantitative estimate of drug-likeness (QED) is 0.622. The topological polar surface area (TPSA) is 9.23 Å². The largest absolute Gasteiger partial charge is 0.438 e. The number of rotatable bonds is 4. The molecule has 0 saturated heterocycles. The van der Waals surface area contributed by atoms with Crippen LogP contribution < -0.4 is 10.4 Å². The van der Waals surface area contributed by atoms with E-state index < -0.39 is 15.9 Å². The summed E-state index contributed by atoms with van der Waals surface area (Å²) >= 11 is 7.03. The van der Waals surface area contributed by atoms with Crippen LogP contribution in [0.4, 0.5) is 0 Å². The maximum atomic E-state index is 7.03. The van der Waals surface area contributed by atoms with E-state index in [2.05, 4.69) is 43.9 Å². The Balaban J connectivity index is 2.51. The summed E-state index contributed by atoms with van der Waals surface area (Å²) in [5.74, 6) is 0. The molecular weight excluding hydrogens is 288 g/mol. The number of hydrogen-bond donors (Lipinski definition) is 0. The van der Waals surface area contributed by atoms with E-state index in [1.54, 1.807) is 0 Å². The highest BCUT2D eigenvalue weighted by Crippen LogP contribution is 2.18. The summed E-state index contributed by atoms with van der Waals surface area (Å²) in [5.41, 5.74) is 0. The molecule has 0 aliphatic rings. The first-order valence-corrected chi connectivity index (χ1v) is 12.7. The molecule has 0 spiro atoms. The van der Waals surface area contributed by atoms with Gasteiger partial charge in [-0.2, -0.15) is 0 Å². The van der Waals surface area contributed by atoms with Crippen molar-refractivity contribution in [2.45, 2.75) is 19.6 Å². The molecule has 0 aliphatic heterocycles. The predicted octanol–water partition coefficient (Wildman–Crippen LogP) is 3.33. The van der Waals surface area contributed by atoms with E-state index in [9.17, 15) is 0 Å². The molecule has 19 heavy (non-hydrogen) atoms. The van der Waals surface area contributed by atoms with Gasteiger partial charge in [-0.3, -0.25) is 0 Å². The minimum Gasteiger partial charge on any atom is -0.438 e. The van der Waals surface area contributed by atoms with Gasteiger partial charge in [0.2, 0.25) is 0 Å². The van der Waals surface area contributed by atoms with Gasteiger partial charge in [0.25, 0.3) is 0 Å². The van der Waals surface area contributed by atoms with Crippen LogP contribution >= 0.6 is 11.1 Å². The Morgan fingerprint density at radius 1 is 0.737 bits per heavy atom. The molecule has 2 rings (SSSR count). The Morgan fingerprint density at radius 2 is 1.11 bits per heavy atom. The van der Waals surface area contributed by atoms with E-state index in [1.807, 2.05) is 36.4 Å². The highest BCUT2D eigenvalue weighted by Gasteiger charge is 2.41. The maximum absolute atomic E-state index is 7.03. The van der Waals surface area contributed by atoms with Crippen LogP contribution in [0.3, 0.4) is 0 Å². The summed E-state index contributed by atoms with van der Waals surface area (Å²) in [4.78, 5) is 0. The minimum atomic E-state index is -2.60. The number of halogens is 1. The maximum Gasteiger partial charge on any atom is 0.345 e. The monoisotopic (exact) mass is 306 g/mol. The SMILES string of the molecule is C[Si](C)(C)O[Si](Cl)(c1ccccc1)c1ccccc1. The smallest absolute Gasteiger partial charge is 0.345 e. The molecule has 0 aliphatic carbocycles. The van der Waals surface area contributed by atoms with Gasteiger partial charge in [-0.1, -0.05) is 60.7 Å². The molecule has 0 fully saturated rings. The van der Waals surface area contributed by atoms with E-state index in [0.29, 0.717) is 0 Å². The Hall–Kier alpha value is -0.876. The summed E-state index contributed by atoms with van der Waals surface area (Å²) in [6, 6.07) is 20.4. The molecule has 0 heterocycles. The summed E-state index contributed by atoms with van der Waals surface area (Å²) in [7, 11) is -4.33. The van der Waals surface area contributed by atoms with Gasteiger partial charge in [-0.25, -0.2) is 0 Å². The van der Waals surface area contributed by atoms with Crippen LogP contribution in [-0.4, -0.2) is 15.9 Å². The van der Waals surface area contributed by atoms with E-state index in [1.165, 1.54) is 0 Å². The predicted molar refractivity (Wildman–Crippen MR) is 88.2 cm³/mol. The molecule has 0 saturated carbocycles. The van der Waals surface area contributed by atoms with E-state index in [0.717, 1.165) is 10.4 Å². The first-order chi connectivity index (χ1) is 8.92. The Bertz CT molecular complexity index is 483. The molecule has 1 nitrogen and oxygen atoms in total. The molecule has 2 aromatic rings. The van der Waals surface area contributed by atoms with Crippen molar-refractivity contribution in [2.75, 3.05) is 0 Å². The van der Waals surface area contributed by atoms with E-state index in [4.69, 9.17) is 15.2 Å². The Morgan fingerprint density at radius 3 is 1.42 bits per heavy atom. The first-order valence-electron chi connectivity index (χ1n) is 6.42. The van der Waals surface area contributed by atoms with E-state index in [-0.39, 0.29) is 0 Å². The van der Waals surface area contributed by atoms with E-state index >= 15 is 0 Å². The van der Waals surface area contributed by atoms with Crippen LogP contribution in [0, 0.1) is 0 Å². The van der Waals surface area contributed by atoms with Crippen molar-refractivity contribution in [1.82, 2.24) is 0 Å². The van der Waals surface area contributed by atoms with Gasteiger partial charge in [0.1, 0.15) is 0 Å². The zero-order chi connectivity index (χ0) is 13.9. The van der Waals surface area contributed by atoms with Crippen LogP contribution in [0.2, 0.25) is 19.6 Å². The third kappa shape index (κ3) is 3.57. The normalized spacial score (nSPS) is 12.4. The number of benzene rings is 2. The fourth-order valence-corrected chi connectivity index (χ4v) is 10.7. The zero-order valence-corrected chi connectivity index (χ0v) is 14.3. The standard InChI is InChI=1S/C15H19ClOSi2/c1-18(2,3)17-19(16,14-10-6-4-7-11-14)15-12-8-5-9-13-15/h4-13H,1-3H3. The fraction of sp³-hybridized carbons (Fsp3) is 0.200. The van der Waals surface area contributed by atoms with Crippen molar-refractivity contribution >= 4 is 37.4 Å². The lowest BCUT2D eigenvalue weighted by Gasteiger charge is -2.32. The average molecular weight is 307 g/mol. The lowest BCUT2D eigenvalue weighted by molar-refractivity contribution is 0.586. The van der Waals surface area contributed by atoms with Gasteiger partial charge >= 0.3 is 7.63 Å². The van der Waals surface area contributed by atoms with Crippen molar-refractivity contribution in [1.29, 1.82) is 0 Å². The molecule has 100 valence electrons. The van der Waals surface area contributed by atoms with Crippen LogP contribution in [-0.2, 0) is 4.12 Å². The molecule has 0 aromatic heterocycles. The second-order valence-electron chi connectivity index (χ2n) is 5.54. The fourth-order valence-electron chi connectivity index (χ4n) is 2.01. The van der Waals surface area contributed by atoms with Crippen LogP contribution in [0.5, 0.6) is 0 Å². The van der Waals surface area contributed by atoms with Crippen LogP contribution in [0.15, 0.2) is 60.7 Å². The van der Waals surface area contributed by atoms with Crippen LogP contribution in [0.25, 0.3) is 0 Å². The molecule has 4 heteroatoms. The third-order valence-electron chi connectivity index (χ3n) is 2.74. The molecule has 0 bridgehead atoms. The Labute approximate surface area is 122 Å². The van der Waals surface area contributed by atoms with Gasteiger partial charge in [-0.15, -0.1) is 11.1 Å². The highest BCUT2D eigenvalue weighted by molar-refractivity contribution is 7.32. The van der Waals surface area contributed by atoms with Crippen molar-refractivity contribution in [3.8, 4) is 0 Å². The minimum absolute atomic E-state index is 1.12. The Kier molecular flexibility index (Phi) is 4.30. The van der Waals surface area contributed by atoms with Gasteiger partial charge < -0.3 is 4.12 Å². The summed E-state index contributed by atoms with van der Waals surface area (Å²) in [6.45, 7) is 6.55. The molecular formula is C15H19ClOSi2. The van der Waals surface area contributed by atoms with Gasteiger partial charge in [-0.05, 0) is 30.0 Å². The second-order valence-corrected chi connectivity index (χ2v) is 14.5. The molecule has 0 radical (unpaired) electrons. The van der Waals surface area contributed by atoms with Crippen molar-refractivity contribution in [3.05, 3.63) is 60.7 Å². The summed E-state index contributed by atoms with van der Waals surface area (Å²) < 4.78 is 6.44. The summed E-state index contributed by atoms with van der Waals surface area (Å²) in [5, 5.41) is 2.23. The zero-order valence-electron chi connectivity index (χ0n) is 11.6. The molecule has 0 unspecified atom stereocenters. The molecule has 0 atom stereocenters. The van der Waals surface area contributed by atoms with Crippen molar-refractivity contribution in [3.63, 3.8) is 0 Å². The lowest BCUT2D eigenvalue weighted by Crippen LogP contribution is -2.60. The van der Waals surface area contributed by atoms with Crippen molar-refractivity contribution in [2.24, 2.45) is 0 Å². The molecule has 0 N–H and O–H groups in total. The third-order valence-corrected chi connectivity index (χ3v) is 10.5. The van der Waals surface area contributed by atoms with Crippen molar-refractivity contribution < 1.29 is 4.12 Å². The van der Waals surface area contributed by atoms with Gasteiger partial charge in [0.15, 0.2) is 8.32 Å². The molecule has 0 amide bonds. The average Bonchev–Trinajstić information content (AvgIpc) is 2.39. The first kappa shape index (κ1) is 14.5. The number of hydrogen-bond acceptors (Lipinski definition) is 1. The van der Waals surface area contributed by atoms with Gasteiger partial charge in [0, 0.05) is 0 Å². The summed E-state index contributed by atoms with van der Waals surface area (Å²) in [6.07, 6.45) is 0. The highest BCUT2D eigenvalue weighted by atomic mass is 35.6. The lowest BCUT2D eigenvalue weighted by atomic mass is 10.4. The van der Waals surface area contributed by atoms with Crippen LogP contribution in [0.1, 0.15) is 0 Å².